The topological polar surface area (TPSA) is 94.5 Å². The second-order valence-electron chi connectivity index (χ2n) is 6.41. The summed E-state index contributed by atoms with van der Waals surface area (Å²) in [6.45, 7) is -0.0804. The van der Waals surface area contributed by atoms with Crippen LogP contribution < -0.4 is 10.6 Å². The van der Waals surface area contributed by atoms with E-state index >= 15 is 0 Å². The number of carbonyl (C=O) groups is 1. The number of aliphatic hydroxyl groups excluding tert-OH is 2. The first-order valence-corrected chi connectivity index (χ1v) is 8.70. The Balaban J connectivity index is 1.72. The smallest absolute Gasteiger partial charge is 0.256 e. The molecule has 0 saturated heterocycles. The fraction of sp³-hybridized carbons (Fsp3) is 0.143. The van der Waals surface area contributed by atoms with Crippen LogP contribution >= 0.6 is 0 Å². The van der Waals surface area contributed by atoms with Gasteiger partial charge in [-0.15, -0.1) is 0 Å². The van der Waals surface area contributed by atoms with Crippen LogP contribution in [-0.4, -0.2) is 40.4 Å². The molecule has 4 rings (SSSR count). The lowest BCUT2D eigenvalue weighted by molar-refractivity contribution is -0.110. The van der Waals surface area contributed by atoms with Crippen LogP contribution in [-0.2, 0) is 4.79 Å². The Hall–Kier alpha value is -3.22. The number of nitrogens with zero attached hydrogens (tertiary/aromatic N) is 1. The van der Waals surface area contributed by atoms with Crippen molar-refractivity contribution in [2.75, 3.05) is 23.8 Å². The minimum absolute atomic E-state index is 0.154. The van der Waals surface area contributed by atoms with E-state index in [1.54, 1.807) is 6.20 Å². The molecule has 0 saturated carbocycles. The predicted octanol–water partition coefficient (Wildman–Crippen LogP) is 2.49. The van der Waals surface area contributed by atoms with Gasteiger partial charge in [0, 0.05) is 40.6 Å². The van der Waals surface area contributed by atoms with Gasteiger partial charge in [-0.05, 0) is 42.0 Å². The number of hydrogen-bond donors (Lipinski definition) is 4. The van der Waals surface area contributed by atoms with Crippen LogP contribution in [0.1, 0.15) is 11.1 Å². The van der Waals surface area contributed by atoms with E-state index in [0.717, 1.165) is 33.4 Å². The van der Waals surface area contributed by atoms with Gasteiger partial charge in [0.1, 0.15) is 0 Å². The van der Waals surface area contributed by atoms with E-state index in [4.69, 9.17) is 5.11 Å². The largest absolute Gasteiger partial charge is 0.394 e. The molecule has 2 aromatic carbocycles. The summed E-state index contributed by atoms with van der Waals surface area (Å²) in [5.74, 6) is -0.154. The first kappa shape index (κ1) is 17.2. The number of fused-ring (bicyclic) bond motifs is 2. The summed E-state index contributed by atoms with van der Waals surface area (Å²) < 4.78 is 0. The summed E-state index contributed by atoms with van der Waals surface area (Å²) in [6.07, 6.45) is 2.77. The molecule has 1 unspecified atom stereocenters. The summed E-state index contributed by atoms with van der Waals surface area (Å²) in [5.41, 5.74) is 4.68. The van der Waals surface area contributed by atoms with Crippen molar-refractivity contribution in [2.24, 2.45) is 0 Å². The fourth-order valence-electron chi connectivity index (χ4n) is 3.14. The summed E-state index contributed by atoms with van der Waals surface area (Å²) >= 11 is 0. The molecule has 6 heteroatoms. The minimum atomic E-state index is -0.837. The van der Waals surface area contributed by atoms with Gasteiger partial charge < -0.3 is 20.8 Å². The van der Waals surface area contributed by atoms with Crippen molar-refractivity contribution < 1.29 is 15.0 Å². The molecule has 1 atom stereocenters. The van der Waals surface area contributed by atoms with E-state index in [-0.39, 0.29) is 19.1 Å². The van der Waals surface area contributed by atoms with Crippen LogP contribution in [0.2, 0.25) is 0 Å². The van der Waals surface area contributed by atoms with E-state index in [9.17, 15) is 9.90 Å². The Kier molecular flexibility index (Phi) is 4.58. The zero-order valence-corrected chi connectivity index (χ0v) is 14.5. The Labute approximate surface area is 156 Å². The molecule has 0 bridgehead atoms. The van der Waals surface area contributed by atoms with Gasteiger partial charge in [-0.3, -0.25) is 9.78 Å². The molecule has 1 aliphatic rings. The molecule has 0 aliphatic carbocycles. The highest BCUT2D eigenvalue weighted by Gasteiger charge is 2.24. The summed E-state index contributed by atoms with van der Waals surface area (Å²) in [5, 5.41) is 25.4. The molecule has 1 amide bonds. The summed E-state index contributed by atoms with van der Waals surface area (Å²) in [6, 6.07) is 15.2. The molecule has 0 radical (unpaired) electrons. The van der Waals surface area contributed by atoms with Crippen LogP contribution in [0.5, 0.6) is 0 Å². The number of para-hydroxylation sites is 1. The number of rotatable bonds is 5. The lowest BCUT2D eigenvalue weighted by atomic mass is 10.0. The number of benzene rings is 2. The predicted molar refractivity (Wildman–Crippen MR) is 106 cm³/mol. The van der Waals surface area contributed by atoms with Crippen LogP contribution in [0.25, 0.3) is 22.6 Å². The summed E-state index contributed by atoms with van der Waals surface area (Å²) in [7, 11) is 0. The maximum atomic E-state index is 12.5. The third-order valence-corrected chi connectivity index (χ3v) is 4.54. The fourth-order valence-corrected chi connectivity index (χ4v) is 3.14. The van der Waals surface area contributed by atoms with Crippen LogP contribution in [0.15, 0.2) is 54.7 Å². The maximum Gasteiger partial charge on any atom is 0.256 e. The van der Waals surface area contributed by atoms with E-state index in [2.05, 4.69) is 15.6 Å². The molecule has 4 N–H and O–H groups in total. The lowest BCUT2D eigenvalue weighted by Gasteiger charge is -2.11. The number of carbonyl (C=O) groups excluding carboxylic acids is 1. The van der Waals surface area contributed by atoms with Crippen molar-refractivity contribution in [3.05, 3.63) is 65.9 Å². The van der Waals surface area contributed by atoms with Crippen molar-refractivity contribution in [1.82, 2.24) is 4.98 Å². The zero-order chi connectivity index (χ0) is 18.8. The first-order chi connectivity index (χ1) is 13.2. The van der Waals surface area contributed by atoms with Gasteiger partial charge in [0.05, 0.1) is 18.2 Å². The van der Waals surface area contributed by atoms with Crippen LogP contribution in [0.3, 0.4) is 0 Å². The number of nitrogens with one attached hydrogen (secondary N) is 2. The molecular formula is C21H19N3O3. The van der Waals surface area contributed by atoms with E-state index in [1.807, 2.05) is 54.6 Å². The number of anilines is 2. The molecule has 2 heterocycles. The van der Waals surface area contributed by atoms with Crippen molar-refractivity contribution in [2.45, 2.75) is 6.10 Å². The van der Waals surface area contributed by atoms with Crippen molar-refractivity contribution in [3.8, 4) is 0 Å². The highest BCUT2D eigenvalue weighted by Crippen LogP contribution is 2.35. The van der Waals surface area contributed by atoms with Gasteiger partial charge in [0.2, 0.25) is 0 Å². The third-order valence-electron chi connectivity index (χ3n) is 4.54. The standard InChI is InChI=1S/C21H19N3O3/c25-12-15(26)11-23-14-5-6-20-17(10-14)18(21(27)24-20)9-13-7-8-22-19-4-2-1-3-16(13)19/h1-10,15,23,25-26H,11-12H2,(H,24,27). The molecule has 1 aromatic heterocycles. The zero-order valence-electron chi connectivity index (χ0n) is 14.5. The Morgan fingerprint density at radius 1 is 1.19 bits per heavy atom. The third kappa shape index (κ3) is 3.40. The van der Waals surface area contributed by atoms with Crippen molar-refractivity contribution >= 4 is 39.8 Å². The molecule has 1 aliphatic heterocycles. The Morgan fingerprint density at radius 3 is 2.89 bits per heavy atom. The van der Waals surface area contributed by atoms with Crippen LogP contribution in [0, 0.1) is 0 Å². The second-order valence-corrected chi connectivity index (χ2v) is 6.41. The minimum Gasteiger partial charge on any atom is -0.394 e. The highest BCUT2D eigenvalue weighted by molar-refractivity contribution is 6.35. The van der Waals surface area contributed by atoms with E-state index in [0.29, 0.717) is 5.57 Å². The quantitative estimate of drug-likeness (QED) is 0.524. The number of aromatic nitrogens is 1. The average molecular weight is 361 g/mol. The molecular weight excluding hydrogens is 342 g/mol. The maximum absolute atomic E-state index is 12.5. The first-order valence-electron chi connectivity index (χ1n) is 8.70. The highest BCUT2D eigenvalue weighted by atomic mass is 16.3. The Bertz CT molecular complexity index is 1040. The number of amides is 1. The van der Waals surface area contributed by atoms with Gasteiger partial charge in [-0.1, -0.05) is 18.2 Å². The average Bonchev–Trinajstić information content (AvgIpc) is 3.01. The molecule has 6 nitrogen and oxygen atoms in total. The van der Waals surface area contributed by atoms with Gasteiger partial charge in [-0.2, -0.15) is 0 Å². The number of pyridine rings is 1. The number of hydrogen-bond acceptors (Lipinski definition) is 5. The van der Waals surface area contributed by atoms with Gasteiger partial charge in [0.15, 0.2) is 0 Å². The Morgan fingerprint density at radius 2 is 2.04 bits per heavy atom. The molecule has 27 heavy (non-hydrogen) atoms. The van der Waals surface area contributed by atoms with Gasteiger partial charge in [0.25, 0.3) is 5.91 Å². The van der Waals surface area contributed by atoms with Crippen molar-refractivity contribution in [1.29, 1.82) is 0 Å². The molecule has 3 aromatic rings. The van der Waals surface area contributed by atoms with E-state index in [1.165, 1.54) is 0 Å². The lowest BCUT2D eigenvalue weighted by Crippen LogP contribution is -2.22. The SMILES string of the molecule is O=C1Nc2ccc(NCC(O)CO)cc2C1=Cc1ccnc2ccccc12. The molecule has 0 spiro atoms. The summed E-state index contributed by atoms with van der Waals surface area (Å²) in [4.78, 5) is 16.9. The van der Waals surface area contributed by atoms with Gasteiger partial charge >= 0.3 is 0 Å². The molecule has 136 valence electrons. The molecule has 0 fully saturated rings. The second kappa shape index (κ2) is 7.19. The van der Waals surface area contributed by atoms with Gasteiger partial charge in [-0.25, -0.2) is 0 Å². The number of aliphatic hydroxyl groups is 2. The monoisotopic (exact) mass is 361 g/mol. The normalized spacial score (nSPS) is 15.6. The van der Waals surface area contributed by atoms with Crippen LogP contribution in [0.4, 0.5) is 11.4 Å². The van der Waals surface area contributed by atoms with Crippen molar-refractivity contribution in [3.63, 3.8) is 0 Å². The van der Waals surface area contributed by atoms with E-state index < -0.39 is 6.10 Å².